The average molecular weight is 460 g/mol. The number of nitrogens with zero attached hydrogens (tertiary/aromatic N) is 3. The van der Waals surface area contributed by atoms with Gasteiger partial charge in [0.05, 0.1) is 16.5 Å². The number of ether oxygens (including phenoxy) is 2. The minimum Gasteiger partial charge on any atom is -0.454 e. The molecule has 0 unspecified atom stereocenters. The lowest BCUT2D eigenvalue weighted by atomic mass is 9.87. The number of halogens is 1. The Labute approximate surface area is 189 Å². The number of aromatic nitrogens is 3. The van der Waals surface area contributed by atoms with Gasteiger partial charge in [0.25, 0.3) is 0 Å². The predicted molar refractivity (Wildman–Crippen MR) is 121 cm³/mol. The zero-order chi connectivity index (χ0) is 22.2. The number of carbonyl (C=O) groups is 1. The molecule has 0 radical (unpaired) electrons. The largest absolute Gasteiger partial charge is 0.454 e. The molecular weight excluding hydrogens is 438 g/mol. The maximum Gasteiger partial charge on any atom is 0.234 e. The molecule has 1 aliphatic rings. The maximum absolute atomic E-state index is 12.4. The molecule has 1 amide bonds. The van der Waals surface area contributed by atoms with Crippen LogP contribution in [0.2, 0.25) is 5.02 Å². The van der Waals surface area contributed by atoms with E-state index in [1.54, 1.807) is 12.1 Å². The average Bonchev–Trinajstić information content (AvgIpc) is 3.32. The fraction of sp³-hybridized carbons (Fsp3) is 0.286. The predicted octanol–water partition coefficient (Wildman–Crippen LogP) is 4.07. The molecule has 10 heteroatoms. The lowest BCUT2D eigenvalue weighted by Gasteiger charge is -2.19. The van der Waals surface area contributed by atoms with Gasteiger partial charge in [0.2, 0.25) is 17.9 Å². The van der Waals surface area contributed by atoms with Gasteiger partial charge >= 0.3 is 0 Å². The van der Waals surface area contributed by atoms with Gasteiger partial charge in [-0.05, 0) is 11.0 Å². The van der Waals surface area contributed by atoms with Crippen molar-refractivity contribution in [3.05, 3.63) is 47.0 Å². The molecule has 0 fully saturated rings. The van der Waals surface area contributed by atoms with E-state index in [9.17, 15) is 4.79 Å². The molecule has 3 N–H and O–H groups in total. The van der Waals surface area contributed by atoms with Gasteiger partial charge in [-0.25, -0.2) is 4.68 Å². The molecule has 31 heavy (non-hydrogen) atoms. The number of nitrogens with two attached hydrogens (primary N) is 1. The van der Waals surface area contributed by atoms with E-state index >= 15 is 0 Å². The van der Waals surface area contributed by atoms with Crippen molar-refractivity contribution in [3.63, 3.8) is 0 Å². The first kappa shape index (κ1) is 21.3. The number of nitrogens with one attached hydrogen (secondary N) is 1. The van der Waals surface area contributed by atoms with Crippen LogP contribution in [0, 0.1) is 0 Å². The monoisotopic (exact) mass is 459 g/mol. The molecule has 0 atom stereocenters. The fourth-order valence-electron chi connectivity index (χ4n) is 3.02. The van der Waals surface area contributed by atoms with E-state index in [1.165, 1.54) is 22.0 Å². The van der Waals surface area contributed by atoms with Gasteiger partial charge in [-0.15, -0.1) is 10.2 Å². The standard InChI is InChI=1S/C21H22ClN5O3S/c1-21(2,3)13-6-4-12(5-7-13)19-25-26-20(27(19)23)31-10-18(28)24-15-9-17-16(8-14(15)22)29-11-30-17/h4-9H,10-11,23H2,1-3H3,(H,24,28). The lowest BCUT2D eigenvalue weighted by Crippen LogP contribution is -2.16. The summed E-state index contributed by atoms with van der Waals surface area (Å²) in [4.78, 5) is 12.4. The molecule has 1 aromatic heterocycles. The fourth-order valence-corrected chi connectivity index (χ4v) is 3.88. The van der Waals surface area contributed by atoms with E-state index in [0.717, 1.165) is 5.56 Å². The molecule has 1 aliphatic heterocycles. The van der Waals surface area contributed by atoms with Crippen molar-refractivity contribution in [2.45, 2.75) is 31.3 Å². The molecule has 0 aliphatic carbocycles. The quantitative estimate of drug-likeness (QED) is 0.437. The number of carbonyl (C=O) groups excluding carboxylic acids is 1. The Hall–Kier alpha value is -2.91. The van der Waals surface area contributed by atoms with Crippen LogP contribution in [0.25, 0.3) is 11.4 Å². The number of hydrogen-bond donors (Lipinski definition) is 2. The molecule has 0 saturated carbocycles. The SMILES string of the molecule is CC(C)(C)c1ccc(-c2nnc(SCC(=O)Nc3cc4c(cc3Cl)OCO4)n2N)cc1. The third kappa shape index (κ3) is 4.57. The van der Waals surface area contributed by atoms with E-state index in [-0.39, 0.29) is 23.9 Å². The normalized spacial score (nSPS) is 12.8. The summed E-state index contributed by atoms with van der Waals surface area (Å²) < 4.78 is 12.0. The second-order valence-electron chi connectivity index (χ2n) is 8.03. The summed E-state index contributed by atoms with van der Waals surface area (Å²) in [7, 11) is 0. The van der Waals surface area contributed by atoms with Gasteiger partial charge < -0.3 is 20.6 Å². The molecule has 0 spiro atoms. The van der Waals surface area contributed by atoms with Crippen LogP contribution in [0.5, 0.6) is 11.5 Å². The summed E-state index contributed by atoms with van der Waals surface area (Å²) in [6.45, 7) is 6.60. The van der Waals surface area contributed by atoms with Crippen LogP contribution in [-0.4, -0.2) is 33.3 Å². The summed E-state index contributed by atoms with van der Waals surface area (Å²) in [5.41, 5.74) is 2.58. The Morgan fingerprint density at radius 2 is 1.87 bits per heavy atom. The third-order valence-electron chi connectivity index (χ3n) is 4.74. The van der Waals surface area contributed by atoms with Gasteiger partial charge in [-0.1, -0.05) is 68.4 Å². The van der Waals surface area contributed by atoms with Crippen LogP contribution < -0.4 is 20.6 Å². The Balaban J connectivity index is 1.41. The smallest absolute Gasteiger partial charge is 0.234 e. The highest BCUT2D eigenvalue weighted by molar-refractivity contribution is 7.99. The Kier molecular flexibility index (Phi) is 5.72. The van der Waals surface area contributed by atoms with E-state index in [4.69, 9.17) is 26.9 Å². The van der Waals surface area contributed by atoms with Crippen molar-refractivity contribution < 1.29 is 14.3 Å². The van der Waals surface area contributed by atoms with E-state index in [2.05, 4.69) is 48.4 Å². The molecule has 0 saturated heterocycles. The Morgan fingerprint density at radius 3 is 2.55 bits per heavy atom. The number of rotatable bonds is 5. The van der Waals surface area contributed by atoms with Gasteiger partial charge in [0.1, 0.15) is 0 Å². The Morgan fingerprint density at radius 1 is 1.19 bits per heavy atom. The molecule has 2 aromatic carbocycles. The van der Waals surface area contributed by atoms with Crippen molar-refractivity contribution in [2.75, 3.05) is 23.7 Å². The lowest BCUT2D eigenvalue weighted by molar-refractivity contribution is -0.113. The number of thioether (sulfide) groups is 1. The molecule has 0 bridgehead atoms. The zero-order valence-electron chi connectivity index (χ0n) is 17.3. The molecule has 4 rings (SSSR count). The summed E-state index contributed by atoms with van der Waals surface area (Å²) in [6, 6.07) is 11.3. The summed E-state index contributed by atoms with van der Waals surface area (Å²) in [6.07, 6.45) is 0. The number of nitrogen functional groups attached to an aromatic ring is 1. The highest BCUT2D eigenvalue weighted by Gasteiger charge is 2.19. The first-order chi connectivity index (χ1) is 14.7. The second kappa shape index (κ2) is 8.32. The van der Waals surface area contributed by atoms with Gasteiger partial charge in [-0.2, -0.15) is 0 Å². The topological polar surface area (TPSA) is 104 Å². The van der Waals surface area contributed by atoms with Gasteiger partial charge in [0.15, 0.2) is 17.3 Å². The number of anilines is 1. The minimum absolute atomic E-state index is 0.0597. The summed E-state index contributed by atoms with van der Waals surface area (Å²) in [5, 5.41) is 11.9. The highest BCUT2D eigenvalue weighted by atomic mass is 35.5. The van der Waals surface area contributed by atoms with Gasteiger partial charge in [0, 0.05) is 17.7 Å². The van der Waals surface area contributed by atoms with Crippen LogP contribution in [0.15, 0.2) is 41.6 Å². The van der Waals surface area contributed by atoms with Crippen molar-refractivity contribution in [2.24, 2.45) is 0 Å². The van der Waals surface area contributed by atoms with Crippen LogP contribution >= 0.6 is 23.4 Å². The van der Waals surface area contributed by atoms with Crippen molar-refractivity contribution in [3.8, 4) is 22.9 Å². The van der Waals surface area contributed by atoms with Crippen molar-refractivity contribution in [1.29, 1.82) is 0 Å². The highest BCUT2D eigenvalue weighted by Crippen LogP contribution is 2.39. The van der Waals surface area contributed by atoms with Crippen LogP contribution in [0.1, 0.15) is 26.3 Å². The zero-order valence-corrected chi connectivity index (χ0v) is 18.9. The number of fused-ring (bicyclic) bond motifs is 1. The number of hydrogen-bond acceptors (Lipinski definition) is 7. The first-order valence-electron chi connectivity index (χ1n) is 9.55. The third-order valence-corrected chi connectivity index (χ3v) is 6.00. The molecule has 162 valence electrons. The van der Waals surface area contributed by atoms with Crippen LogP contribution in [0.4, 0.5) is 5.69 Å². The molecule has 8 nitrogen and oxygen atoms in total. The van der Waals surface area contributed by atoms with E-state index in [0.29, 0.717) is 33.2 Å². The van der Waals surface area contributed by atoms with Crippen molar-refractivity contribution >= 4 is 35.0 Å². The molecular formula is C21H22ClN5O3S. The molecule has 2 heterocycles. The Bertz CT molecular complexity index is 1130. The number of benzene rings is 2. The minimum atomic E-state index is -0.259. The maximum atomic E-state index is 12.4. The molecule has 3 aromatic rings. The summed E-state index contributed by atoms with van der Waals surface area (Å²) in [5.74, 6) is 7.62. The first-order valence-corrected chi connectivity index (χ1v) is 10.9. The van der Waals surface area contributed by atoms with Crippen LogP contribution in [0.3, 0.4) is 0 Å². The van der Waals surface area contributed by atoms with Gasteiger partial charge in [-0.3, -0.25) is 4.79 Å². The van der Waals surface area contributed by atoms with E-state index < -0.39 is 0 Å². The second-order valence-corrected chi connectivity index (χ2v) is 9.38. The van der Waals surface area contributed by atoms with Crippen molar-refractivity contribution in [1.82, 2.24) is 14.9 Å². The van der Waals surface area contributed by atoms with Crippen LogP contribution in [-0.2, 0) is 10.2 Å². The number of amides is 1. The van der Waals surface area contributed by atoms with E-state index in [1.807, 2.05) is 12.1 Å². The summed E-state index contributed by atoms with van der Waals surface area (Å²) >= 11 is 7.38.